The normalized spacial score (nSPS) is 16.2. The first-order valence-electron chi connectivity index (χ1n) is 5.84. The fourth-order valence-electron chi connectivity index (χ4n) is 2.03. The van der Waals surface area contributed by atoms with Crippen LogP contribution in [-0.4, -0.2) is 14.1 Å². The summed E-state index contributed by atoms with van der Waals surface area (Å²) in [5.41, 5.74) is 3.75. The van der Waals surface area contributed by atoms with Gasteiger partial charge in [0, 0.05) is 11.1 Å². The van der Waals surface area contributed by atoms with E-state index in [1.165, 1.54) is 0 Å². The molecule has 2 aromatic carbocycles. The Morgan fingerprint density at radius 1 is 1.00 bits per heavy atom. The van der Waals surface area contributed by atoms with E-state index in [0.29, 0.717) is 11.4 Å². The third kappa shape index (κ3) is 2.24. The first kappa shape index (κ1) is 11.9. The molecule has 0 saturated carbocycles. The number of hydrogen-bond donors (Lipinski definition) is 1. The average molecular weight is 272 g/mol. The summed E-state index contributed by atoms with van der Waals surface area (Å²) in [5, 5.41) is 0. The molecule has 0 fully saturated rings. The van der Waals surface area contributed by atoms with Crippen LogP contribution in [-0.2, 0) is 10.2 Å². The second-order valence-electron chi connectivity index (χ2n) is 4.43. The molecule has 2 aromatic rings. The lowest BCUT2D eigenvalue weighted by Gasteiger charge is -2.18. The lowest BCUT2D eigenvalue weighted by Crippen LogP contribution is -2.21. The monoisotopic (exact) mass is 272 g/mol. The zero-order valence-electron chi connectivity index (χ0n) is 10.3. The number of aryl methyl sites for hydroxylation is 1. The van der Waals surface area contributed by atoms with E-state index in [9.17, 15) is 8.42 Å². The van der Waals surface area contributed by atoms with Crippen molar-refractivity contribution in [1.29, 1.82) is 0 Å². The van der Waals surface area contributed by atoms with Gasteiger partial charge in [0.15, 0.2) is 0 Å². The van der Waals surface area contributed by atoms with Crippen molar-refractivity contribution in [2.75, 3.05) is 4.72 Å². The van der Waals surface area contributed by atoms with Gasteiger partial charge in [0.1, 0.15) is 0 Å². The molecule has 0 amide bonds. The van der Waals surface area contributed by atoms with Crippen LogP contribution in [0.25, 0.3) is 0 Å². The van der Waals surface area contributed by atoms with Crippen LogP contribution in [0, 0.1) is 6.92 Å². The van der Waals surface area contributed by atoms with Gasteiger partial charge in [0.2, 0.25) is 0 Å². The van der Waals surface area contributed by atoms with Crippen LogP contribution < -0.4 is 4.72 Å². The van der Waals surface area contributed by atoms with Crippen molar-refractivity contribution >= 4 is 21.6 Å². The quantitative estimate of drug-likeness (QED) is 0.867. The predicted molar refractivity (Wildman–Crippen MR) is 75.8 cm³/mol. The number of benzene rings is 2. The van der Waals surface area contributed by atoms with Gasteiger partial charge in [-0.3, -0.25) is 4.72 Å². The molecule has 1 heterocycles. The van der Waals surface area contributed by atoms with Gasteiger partial charge in [-0.15, -0.1) is 4.40 Å². The summed E-state index contributed by atoms with van der Waals surface area (Å²) in [6, 6.07) is 14.9. The van der Waals surface area contributed by atoms with E-state index in [4.69, 9.17) is 0 Å². The van der Waals surface area contributed by atoms with Crippen LogP contribution in [0.5, 0.6) is 0 Å². The van der Waals surface area contributed by atoms with Crippen LogP contribution in [0.1, 0.15) is 16.7 Å². The summed E-state index contributed by atoms with van der Waals surface area (Å²) in [7, 11) is -3.67. The summed E-state index contributed by atoms with van der Waals surface area (Å²) in [4.78, 5) is 0. The topological polar surface area (TPSA) is 58.5 Å². The van der Waals surface area contributed by atoms with E-state index >= 15 is 0 Å². The number of para-hydroxylation sites is 1. The Morgan fingerprint density at radius 2 is 1.68 bits per heavy atom. The molecule has 5 heteroatoms. The molecule has 3 rings (SSSR count). The standard InChI is InChI=1S/C14H12N2O2S/c1-10-6-8-11(9-7-10)14-12-4-2-3-5-13(12)15-19(17,18)16-14/h2-9,15H,1H3. The van der Waals surface area contributed by atoms with Crippen LogP contribution in [0.3, 0.4) is 0 Å². The Labute approximate surface area is 112 Å². The Kier molecular flexibility index (Phi) is 2.64. The van der Waals surface area contributed by atoms with Gasteiger partial charge >= 0.3 is 10.2 Å². The third-order valence-corrected chi connectivity index (χ3v) is 3.86. The highest BCUT2D eigenvalue weighted by atomic mass is 32.2. The molecule has 1 aliphatic rings. The lowest BCUT2D eigenvalue weighted by atomic mass is 10.00. The zero-order valence-corrected chi connectivity index (χ0v) is 11.1. The van der Waals surface area contributed by atoms with Crippen LogP contribution >= 0.6 is 0 Å². The summed E-state index contributed by atoms with van der Waals surface area (Å²) < 4.78 is 29.8. The van der Waals surface area contributed by atoms with E-state index in [0.717, 1.165) is 16.7 Å². The molecule has 0 atom stereocenters. The Hall–Kier alpha value is -2.14. The third-order valence-electron chi connectivity index (χ3n) is 2.96. The zero-order chi connectivity index (χ0) is 13.5. The molecular formula is C14H12N2O2S. The van der Waals surface area contributed by atoms with Crippen LogP contribution in [0.4, 0.5) is 5.69 Å². The average Bonchev–Trinajstić information content (AvgIpc) is 2.37. The van der Waals surface area contributed by atoms with Crippen molar-refractivity contribution in [2.24, 2.45) is 4.40 Å². The summed E-state index contributed by atoms with van der Waals surface area (Å²) in [6.45, 7) is 1.98. The smallest absolute Gasteiger partial charge is 0.264 e. The van der Waals surface area contributed by atoms with Gasteiger partial charge in [-0.25, -0.2) is 0 Å². The Morgan fingerprint density at radius 3 is 2.42 bits per heavy atom. The van der Waals surface area contributed by atoms with Gasteiger partial charge in [0.05, 0.1) is 11.4 Å². The predicted octanol–water partition coefficient (Wildman–Crippen LogP) is 2.50. The second kappa shape index (κ2) is 4.20. The largest absolute Gasteiger partial charge is 0.342 e. The molecule has 96 valence electrons. The van der Waals surface area contributed by atoms with E-state index in [-0.39, 0.29) is 0 Å². The molecule has 0 radical (unpaired) electrons. The van der Waals surface area contributed by atoms with Crippen molar-refractivity contribution < 1.29 is 8.42 Å². The summed E-state index contributed by atoms with van der Waals surface area (Å²) in [6.07, 6.45) is 0. The highest BCUT2D eigenvalue weighted by Gasteiger charge is 2.22. The van der Waals surface area contributed by atoms with Crippen molar-refractivity contribution in [3.63, 3.8) is 0 Å². The van der Waals surface area contributed by atoms with Crippen molar-refractivity contribution in [3.8, 4) is 0 Å². The first-order chi connectivity index (χ1) is 9.05. The van der Waals surface area contributed by atoms with Gasteiger partial charge in [-0.05, 0) is 13.0 Å². The van der Waals surface area contributed by atoms with Crippen molar-refractivity contribution in [2.45, 2.75) is 6.92 Å². The minimum absolute atomic E-state index is 0.481. The van der Waals surface area contributed by atoms with Crippen LogP contribution in [0.2, 0.25) is 0 Å². The van der Waals surface area contributed by atoms with Gasteiger partial charge < -0.3 is 0 Å². The first-order valence-corrected chi connectivity index (χ1v) is 7.28. The molecule has 1 aliphatic heterocycles. The molecule has 0 spiro atoms. The minimum atomic E-state index is -3.67. The molecule has 1 N–H and O–H groups in total. The van der Waals surface area contributed by atoms with Crippen LogP contribution in [0.15, 0.2) is 52.9 Å². The Balaban J connectivity index is 2.23. The minimum Gasteiger partial charge on any atom is -0.264 e. The molecule has 0 unspecified atom stereocenters. The summed E-state index contributed by atoms with van der Waals surface area (Å²) in [5.74, 6) is 0. The van der Waals surface area contributed by atoms with Gasteiger partial charge in [0.25, 0.3) is 0 Å². The highest BCUT2D eigenvalue weighted by molar-refractivity contribution is 7.91. The molecule has 4 nitrogen and oxygen atoms in total. The number of nitrogens with zero attached hydrogens (tertiary/aromatic N) is 1. The maximum atomic E-state index is 11.8. The SMILES string of the molecule is Cc1ccc(C2=NS(=O)(=O)Nc3ccccc32)cc1. The Bertz CT molecular complexity index is 762. The highest BCUT2D eigenvalue weighted by Crippen LogP contribution is 2.26. The number of rotatable bonds is 1. The van der Waals surface area contributed by atoms with Gasteiger partial charge in [-0.1, -0.05) is 48.0 Å². The molecule has 0 aromatic heterocycles. The fraction of sp³-hybridized carbons (Fsp3) is 0.0714. The van der Waals surface area contributed by atoms with E-state index < -0.39 is 10.2 Å². The van der Waals surface area contributed by atoms with E-state index in [1.807, 2.05) is 43.3 Å². The van der Waals surface area contributed by atoms with Crippen molar-refractivity contribution in [3.05, 3.63) is 65.2 Å². The number of fused-ring (bicyclic) bond motifs is 1. The number of anilines is 1. The molecule has 0 bridgehead atoms. The second-order valence-corrected chi connectivity index (χ2v) is 5.77. The molecule has 0 aliphatic carbocycles. The van der Waals surface area contributed by atoms with Crippen molar-refractivity contribution in [1.82, 2.24) is 0 Å². The van der Waals surface area contributed by atoms with E-state index in [1.54, 1.807) is 12.1 Å². The molecule has 19 heavy (non-hydrogen) atoms. The van der Waals surface area contributed by atoms with Gasteiger partial charge in [-0.2, -0.15) is 8.42 Å². The fourth-order valence-corrected chi connectivity index (χ4v) is 2.98. The molecule has 0 saturated heterocycles. The molecular weight excluding hydrogens is 260 g/mol. The van der Waals surface area contributed by atoms with E-state index in [2.05, 4.69) is 9.12 Å². The maximum Gasteiger partial charge on any atom is 0.342 e. The lowest BCUT2D eigenvalue weighted by molar-refractivity contribution is 0.603. The number of nitrogens with one attached hydrogen (secondary N) is 1. The number of hydrogen-bond acceptors (Lipinski definition) is 2. The summed E-state index contributed by atoms with van der Waals surface area (Å²) >= 11 is 0. The maximum absolute atomic E-state index is 11.8.